The molecule has 0 amide bonds. The van der Waals surface area contributed by atoms with Gasteiger partial charge in [-0.05, 0) is 83.5 Å². The number of carboxylic acids is 1. The monoisotopic (exact) mass is 506 g/mol. The lowest BCUT2D eigenvalue weighted by atomic mass is 9.83. The van der Waals surface area contributed by atoms with E-state index >= 15 is 0 Å². The normalized spacial score (nSPS) is 22.4. The first-order valence-corrected chi connectivity index (χ1v) is 20.7. The molecule has 3 unspecified atom stereocenters. The summed E-state index contributed by atoms with van der Waals surface area (Å²) in [6, 6.07) is 0.898. The molecule has 0 bridgehead atoms. The average Bonchev–Trinajstić information content (AvgIpc) is 2.61. The Morgan fingerprint density at radius 1 is 1.00 bits per heavy atom. The van der Waals surface area contributed by atoms with Crippen molar-refractivity contribution in [1.82, 2.24) is 0 Å². The first-order valence-electron chi connectivity index (χ1n) is 11.4. The van der Waals surface area contributed by atoms with Gasteiger partial charge >= 0.3 is 20.5 Å². The van der Waals surface area contributed by atoms with Gasteiger partial charge in [-0.15, -0.1) is 0 Å². The zero-order valence-corrected chi connectivity index (χ0v) is 23.8. The van der Waals surface area contributed by atoms with Crippen LogP contribution in [0.25, 0.3) is 0 Å². The predicted molar refractivity (Wildman–Crippen MR) is 130 cm³/mol. The first kappa shape index (κ1) is 29.2. The molecule has 8 nitrogen and oxygen atoms in total. The highest BCUT2D eigenvalue weighted by Gasteiger charge is 2.42. The van der Waals surface area contributed by atoms with Crippen LogP contribution in [0, 0.1) is 5.92 Å². The molecule has 0 aromatic heterocycles. The maximum absolute atomic E-state index is 11.8. The maximum Gasteiger partial charge on any atom is 0.330 e. The predicted octanol–water partition coefficient (Wildman–Crippen LogP) is 4.84. The number of ether oxygens (including phenoxy) is 1. The number of rotatable bonds is 14. The lowest BCUT2D eigenvalue weighted by Gasteiger charge is -2.40. The summed E-state index contributed by atoms with van der Waals surface area (Å²) in [4.78, 5) is 33.0. The van der Waals surface area contributed by atoms with Gasteiger partial charge in [0.05, 0.1) is 13.0 Å². The molecule has 32 heavy (non-hydrogen) atoms. The zero-order valence-electron chi connectivity index (χ0n) is 20.8. The highest BCUT2D eigenvalue weighted by Crippen LogP contribution is 2.35. The molecule has 0 radical (unpaired) electrons. The van der Waals surface area contributed by atoms with Crippen molar-refractivity contribution in [1.29, 1.82) is 0 Å². The minimum Gasteiger partial charge on any atom is -0.481 e. The second-order valence-electron chi connectivity index (χ2n) is 10.6. The molecule has 1 aliphatic carbocycles. The van der Waals surface area contributed by atoms with E-state index < -0.39 is 49.3 Å². The van der Waals surface area contributed by atoms with Crippen LogP contribution in [0.1, 0.15) is 32.1 Å². The average molecular weight is 507 g/mol. The van der Waals surface area contributed by atoms with Crippen molar-refractivity contribution in [2.24, 2.45) is 5.92 Å². The molecule has 0 heterocycles. The van der Waals surface area contributed by atoms with E-state index in [2.05, 4.69) is 52.4 Å². The van der Waals surface area contributed by atoms with Gasteiger partial charge in [0.25, 0.3) is 0 Å². The van der Waals surface area contributed by atoms with E-state index in [1.54, 1.807) is 0 Å². The lowest BCUT2D eigenvalue weighted by molar-refractivity contribution is -0.343. The van der Waals surface area contributed by atoms with Crippen LogP contribution >= 0.6 is 0 Å². The fourth-order valence-corrected chi connectivity index (χ4v) is 16.7. The van der Waals surface area contributed by atoms with E-state index in [0.29, 0.717) is 18.8 Å². The van der Waals surface area contributed by atoms with Crippen molar-refractivity contribution in [3.05, 3.63) is 12.7 Å². The largest absolute Gasteiger partial charge is 0.481 e. The van der Waals surface area contributed by atoms with Crippen LogP contribution in [0.2, 0.25) is 51.9 Å². The SMILES string of the molecule is C=CC(=O)OC1CC(CC[Si](C)(O[Si](C)(C)C)O[Si](C)(C)C)CCC1OOCCC(=O)O. The fraction of sp³-hybridized carbons (Fsp3) is 0.810. The van der Waals surface area contributed by atoms with Gasteiger partial charge in [-0.1, -0.05) is 6.58 Å². The Hall–Kier alpha value is -0.829. The Kier molecular flexibility index (Phi) is 11.5. The number of esters is 1. The number of hydrogen-bond acceptors (Lipinski definition) is 7. The molecule has 0 spiro atoms. The van der Waals surface area contributed by atoms with Gasteiger partial charge in [0, 0.05) is 6.08 Å². The molecule has 1 aliphatic rings. The van der Waals surface area contributed by atoms with Gasteiger partial charge < -0.3 is 18.1 Å². The Morgan fingerprint density at radius 2 is 1.59 bits per heavy atom. The summed E-state index contributed by atoms with van der Waals surface area (Å²) in [6.45, 7) is 18.8. The van der Waals surface area contributed by atoms with Crippen molar-refractivity contribution < 1.29 is 37.4 Å². The molecule has 11 heteroatoms. The van der Waals surface area contributed by atoms with Gasteiger partial charge in [0.15, 0.2) is 16.6 Å². The Morgan fingerprint density at radius 3 is 2.09 bits per heavy atom. The molecule has 3 atom stereocenters. The van der Waals surface area contributed by atoms with Crippen LogP contribution in [0.4, 0.5) is 0 Å². The number of carboxylic acid groups (broad SMARTS) is 1. The minimum absolute atomic E-state index is 0.0522. The maximum atomic E-state index is 11.8. The smallest absolute Gasteiger partial charge is 0.330 e. The number of hydrogen-bond donors (Lipinski definition) is 1. The standard InChI is InChI=1S/C21H42O8Si3/c1-9-21(24)26-19-16-17(10-11-18(19)27-25-14-12-20(22)23)13-15-32(8,28-30(2,3)4)29-31(5,6)7/h9,17-19H,1,10-16H2,2-8H3,(H,22,23). The quantitative estimate of drug-likeness (QED) is 0.0892. The van der Waals surface area contributed by atoms with E-state index in [9.17, 15) is 9.59 Å². The summed E-state index contributed by atoms with van der Waals surface area (Å²) in [5, 5.41) is 8.73. The molecule has 0 saturated heterocycles. The van der Waals surface area contributed by atoms with E-state index in [-0.39, 0.29) is 13.0 Å². The van der Waals surface area contributed by atoms with Gasteiger partial charge in [-0.2, -0.15) is 0 Å². The molecule has 1 fully saturated rings. The number of aliphatic carboxylic acids is 1. The van der Waals surface area contributed by atoms with Crippen LogP contribution in [-0.2, 0) is 32.3 Å². The molecule has 1 rings (SSSR count). The molecule has 1 N–H and O–H groups in total. The van der Waals surface area contributed by atoms with Crippen molar-refractivity contribution in [3.8, 4) is 0 Å². The van der Waals surface area contributed by atoms with Gasteiger partial charge in [0.1, 0.15) is 12.2 Å². The number of carbonyl (C=O) groups is 2. The van der Waals surface area contributed by atoms with E-state index in [4.69, 9.17) is 27.8 Å². The topological polar surface area (TPSA) is 101 Å². The van der Waals surface area contributed by atoms with Crippen LogP contribution < -0.4 is 0 Å². The Bertz CT molecular complexity index is 614. The van der Waals surface area contributed by atoms with Crippen LogP contribution in [-0.4, -0.2) is 61.1 Å². The summed E-state index contributed by atoms with van der Waals surface area (Å²) in [5.41, 5.74) is 0. The molecular weight excluding hydrogens is 464 g/mol. The molecule has 0 aromatic carbocycles. The zero-order chi connectivity index (χ0) is 24.6. The van der Waals surface area contributed by atoms with Crippen molar-refractivity contribution in [3.63, 3.8) is 0 Å². The van der Waals surface area contributed by atoms with E-state index in [0.717, 1.165) is 25.0 Å². The van der Waals surface area contributed by atoms with Crippen LogP contribution in [0.5, 0.6) is 0 Å². The lowest BCUT2D eigenvalue weighted by Crippen LogP contribution is -2.52. The fourth-order valence-electron chi connectivity index (χ4n) is 4.03. The molecule has 186 valence electrons. The minimum atomic E-state index is -2.33. The van der Waals surface area contributed by atoms with Crippen molar-refractivity contribution in [2.75, 3.05) is 6.61 Å². The molecule has 0 aliphatic heterocycles. The van der Waals surface area contributed by atoms with E-state index in [1.807, 2.05) is 0 Å². The number of carbonyl (C=O) groups excluding carboxylic acids is 1. The second-order valence-corrected chi connectivity index (χ2v) is 23.4. The van der Waals surface area contributed by atoms with E-state index in [1.165, 1.54) is 0 Å². The van der Waals surface area contributed by atoms with Gasteiger partial charge in [-0.25, -0.2) is 14.6 Å². The van der Waals surface area contributed by atoms with Crippen LogP contribution in [0.3, 0.4) is 0 Å². The van der Waals surface area contributed by atoms with Gasteiger partial charge in [-0.3, -0.25) is 4.79 Å². The molecule has 0 aromatic rings. The molecular formula is C21H42O8Si3. The van der Waals surface area contributed by atoms with Crippen LogP contribution in [0.15, 0.2) is 12.7 Å². The third-order valence-electron chi connectivity index (χ3n) is 4.92. The van der Waals surface area contributed by atoms with Crippen molar-refractivity contribution in [2.45, 2.75) is 96.2 Å². The second kappa shape index (κ2) is 12.6. The van der Waals surface area contributed by atoms with Gasteiger partial charge in [0.2, 0.25) is 0 Å². The Labute approximate surface area is 196 Å². The summed E-state index contributed by atoms with van der Waals surface area (Å²) in [5.74, 6) is -1.11. The summed E-state index contributed by atoms with van der Waals surface area (Å²) in [7, 11) is -5.84. The summed E-state index contributed by atoms with van der Waals surface area (Å²) < 4.78 is 18.8. The molecule has 1 saturated carbocycles. The summed E-state index contributed by atoms with van der Waals surface area (Å²) in [6.07, 6.45) is 3.25. The highest BCUT2D eigenvalue weighted by molar-refractivity contribution is 6.87. The first-order chi connectivity index (χ1) is 14.6. The Balaban J connectivity index is 2.76. The third kappa shape index (κ3) is 12.4. The summed E-state index contributed by atoms with van der Waals surface area (Å²) >= 11 is 0. The third-order valence-corrected chi connectivity index (χ3v) is 14.5. The van der Waals surface area contributed by atoms with Crippen molar-refractivity contribution >= 4 is 37.1 Å². The highest BCUT2D eigenvalue weighted by atomic mass is 28.5.